The molecule has 0 aliphatic carbocycles. The molecule has 1 amide bonds. The van der Waals surface area contributed by atoms with Crippen molar-refractivity contribution in [3.05, 3.63) is 171 Å². The van der Waals surface area contributed by atoms with E-state index >= 15 is 0 Å². The number of nitrogens with zero attached hydrogens (tertiary/aromatic N) is 2. The lowest BCUT2D eigenvalue weighted by atomic mass is 9.86. The number of H-pyrrole nitrogens is 1. The van der Waals surface area contributed by atoms with Crippen LogP contribution in [0.3, 0.4) is 0 Å². The van der Waals surface area contributed by atoms with Crippen LogP contribution in [0.4, 0.5) is 10.5 Å². The minimum Gasteiger partial charge on any atom is -0.506 e. The third kappa shape index (κ3) is 10.7. The number of hydrogen-bond acceptors (Lipinski definition) is 11. The Hall–Kier alpha value is -6.67. The van der Waals surface area contributed by atoms with Crippen LogP contribution in [0.2, 0.25) is 0 Å². The third-order valence-electron chi connectivity index (χ3n) is 13.0. The number of carbonyl (C=O) groups is 2. The molecule has 13 heteroatoms. The Morgan fingerprint density at radius 2 is 1.51 bits per heavy atom. The van der Waals surface area contributed by atoms with Crippen molar-refractivity contribution >= 4 is 28.7 Å². The number of hydrogen-bond donors (Lipinski definition) is 5. The van der Waals surface area contributed by atoms with Crippen LogP contribution in [0.1, 0.15) is 76.0 Å². The van der Waals surface area contributed by atoms with Gasteiger partial charge in [0.15, 0.2) is 0 Å². The number of piperidine rings is 4. The van der Waals surface area contributed by atoms with Crippen LogP contribution in [0, 0.1) is 5.92 Å². The maximum atomic E-state index is 13.3. The van der Waals surface area contributed by atoms with Crippen LogP contribution in [0.15, 0.2) is 132 Å². The summed E-state index contributed by atoms with van der Waals surface area (Å²) in [6, 6.07) is 38.9. The van der Waals surface area contributed by atoms with Crippen molar-refractivity contribution in [3.63, 3.8) is 0 Å². The predicted molar refractivity (Wildman–Crippen MR) is 248 cm³/mol. The predicted octanol–water partition coefficient (Wildman–Crippen LogP) is 7.37. The normalized spacial score (nSPS) is 19.3. The maximum absolute atomic E-state index is 13.3. The number of benzene rings is 5. The molecule has 0 spiro atoms. The van der Waals surface area contributed by atoms with E-state index in [2.05, 4.69) is 49.7 Å². The second kappa shape index (κ2) is 20.0. The van der Waals surface area contributed by atoms with Crippen molar-refractivity contribution in [1.29, 1.82) is 0 Å². The van der Waals surface area contributed by atoms with E-state index in [-0.39, 0.29) is 36.0 Å². The minimum atomic E-state index is -0.836. The molecule has 1 aromatic heterocycles. The Kier molecular flexibility index (Phi) is 13.4. The molecule has 10 rings (SSSR count). The summed E-state index contributed by atoms with van der Waals surface area (Å²) < 4.78 is 18.1. The molecule has 5 heterocycles. The molecular weight excluding hydrogens is 823 g/mol. The van der Waals surface area contributed by atoms with Gasteiger partial charge in [0.25, 0.3) is 0 Å². The fraction of sp³-hybridized carbons (Fsp3) is 0.327. The largest absolute Gasteiger partial charge is 0.506 e. The Morgan fingerprint density at radius 3 is 2.25 bits per heavy atom. The molecule has 4 aliphatic rings. The van der Waals surface area contributed by atoms with Gasteiger partial charge in [-0.25, -0.2) is 9.59 Å². The van der Waals surface area contributed by atoms with Crippen LogP contribution in [-0.4, -0.2) is 83.6 Å². The van der Waals surface area contributed by atoms with E-state index in [1.165, 1.54) is 12.1 Å². The Morgan fingerprint density at radius 1 is 0.769 bits per heavy atom. The lowest BCUT2D eigenvalue weighted by molar-refractivity contribution is -0.0336. The fourth-order valence-corrected chi connectivity index (χ4v) is 9.31. The van der Waals surface area contributed by atoms with E-state index < -0.39 is 18.2 Å². The molecule has 336 valence electrons. The van der Waals surface area contributed by atoms with Crippen molar-refractivity contribution in [2.75, 3.05) is 44.2 Å². The first kappa shape index (κ1) is 43.6. The summed E-state index contributed by atoms with van der Waals surface area (Å²) in [6.07, 6.45) is 2.07. The number of aromatic hydroxyl groups is 1. The van der Waals surface area contributed by atoms with Gasteiger partial charge < -0.3 is 44.9 Å². The number of esters is 1. The van der Waals surface area contributed by atoms with Crippen LogP contribution in [-0.2, 0) is 22.6 Å². The summed E-state index contributed by atoms with van der Waals surface area (Å²) >= 11 is 0. The number of aliphatic hydroxyl groups is 1. The first-order chi connectivity index (χ1) is 31.7. The Labute approximate surface area is 378 Å². The summed E-state index contributed by atoms with van der Waals surface area (Å²) in [5.74, 6) is 0.697. The average molecular weight is 878 g/mol. The summed E-state index contributed by atoms with van der Waals surface area (Å²) in [4.78, 5) is 45.5. The van der Waals surface area contributed by atoms with E-state index in [1.807, 2.05) is 66.7 Å². The number of amides is 1. The first-order valence-corrected chi connectivity index (χ1v) is 22.6. The van der Waals surface area contributed by atoms with Crippen LogP contribution < -0.4 is 25.8 Å². The molecule has 0 saturated carbocycles. The molecule has 5 N–H and O–H groups in total. The average Bonchev–Trinajstić information content (AvgIpc) is 3.34. The van der Waals surface area contributed by atoms with Crippen molar-refractivity contribution in [2.24, 2.45) is 5.92 Å². The molecule has 65 heavy (non-hydrogen) atoms. The molecule has 3 atom stereocenters. The van der Waals surface area contributed by atoms with E-state index in [0.717, 1.165) is 86.3 Å². The number of rotatable bonds is 15. The second-order valence-corrected chi connectivity index (χ2v) is 17.3. The number of phenols is 1. The number of fused-ring (bicyclic) bond motifs is 4. The van der Waals surface area contributed by atoms with Crippen LogP contribution >= 0.6 is 0 Å². The Balaban J connectivity index is 0.718. The third-order valence-corrected chi connectivity index (χ3v) is 13.0. The maximum Gasteiger partial charge on any atom is 0.408 e. The highest BCUT2D eigenvalue weighted by molar-refractivity contribution is 5.89. The number of alkyl carbamates (subject to hydrolysis) is 1. The lowest BCUT2D eigenvalue weighted by Crippen LogP contribution is -2.52. The van der Waals surface area contributed by atoms with Gasteiger partial charge in [0.2, 0.25) is 5.56 Å². The van der Waals surface area contributed by atoms with Crippen molar-refractivity contribution in [1.82, 2.24) is 20.5 Å². The monoisotopic (exact) mass is 877 g/mol. The highest BCUT2D eigenvalue weighted by atomic mass is 16.6. The number of pyridine rings is 1. The fourth-order valence-electron chi connectivity index (χ4n) is 9.31. The van der Waals surface area contributed by atoms with Crippen molar-refractivity contribution in [2.45, 2.75) is 63.2 Å². The van der Waals surface area contributed by atoms with Gasteiger partial charge in [-0.2, -0.15) is 0 Å². The smallest absolute Gasteiger partial charge is 0.408 e. The molecule has 4 fully saturated rings. The molecule has 6 aromatic rings. The van der Waals surface area contributed by atoms with Gasteiger partial charge in [-0.1, -0.05) is 72.8 Å². The van der Waals surface area contributed by atoms with Gasteiger partial charge >= 0.3 is 12.1 Å². The van der Waals surface area contributed by atoms with Crippen LogP contribution in [0.25, 0.3) is 10.9 Å². The van der Waals surface area contributed by atoms with Gasteiger partial charge in [0, 0.05) is 62.7 Å². The number of aromatic amines is 1. The summed E-state index contributed by atoms with van der Waals surface area (Å²) in [6.45, 7) is 5.62. The second-order valence-electron chi connectivity index (χ2n) is 17.3. The number of nitrogens with one attached hydrogen (secondary N) is 3. The number of anilines is 1. The summed E-state index contributed by atoms with van der Waals surface area (Å²) in [5, 5.41) is 28.1. The number of ether oxygens (including phenoxy) is 3. The standard InChI is InChI=1S/C52H55N5O8/c58-45-19-17-43(44-18-20-48(60)54-50(44)45)46(59)31-53-30-34-11-15-40(16-12-34)57-27-23-41(24-28-57)64-51(61)38-13-9-35(10-14-38)33-63-42-8-4-7-39(29-42)49(37-5-2-1-3-6-37)55-52(62)65-47-32-56-25-21-36(47)22-26-56/h1-20,29,36,41,46-47,49,53,58-59H,21-28,30-33H2,(H,54,60)(H,55,62)/t46-,47-,49-/m0/s1. The summed E-state index contributed by atoms with van der Waals surface area (Å²) in [7, 11) is 0. The highest BCUT2D eigenvalue weighted by Crippen LogP contribution is 2.32. The van der Waals surface area contributed by atoms with Gasteiger partial charge in [0.05, 0.1) is 23.2 Å². The zero-order valence-corrected chi connectivity index (χ0v) is 36.2. The molecule has 13 nitrogen and oxygen atoms in total. The summed E-state index contributed by atoms with van der Waals surface area (Å²) in [5.41, 5.74) is 5.98. The van der Waals surface area contributed by atoms with Gasteiger partial charge in [-0.3, -0.25) is 9.69 Å². The number of aliphatic hydroxyl groups excluding tert-OH is 1. The highest BCUT2D eigenvalue weighted by Gasteiger charge is 2.37. The van der Waals surface area contributed by atoms with E-state index in [1.54, 1.807) is 24.3 Å². The van der Waals surface area contributed by atoms with Crippen molar-refractivity contribution in [3.8, 4) is 11.5 Å². The minimum absolute atomic E-state index is 0.0414. The van der Waals surface area contributed by atoms with Gasteiger partial charge in [-0.15, -0.1) is 0 Å². The molecule has 5 aromatic carbocycles. The molecule has 0 unspecified atom stereocenters. The quantitative estimate of drug-likeness (QED) is 0.0655. The van der Waals surface area contributed by atoms with Gasteiger partial charge in [0.1, 0.15) is 30.3 Å². The molecule has 4 aliphatic heterocycles. The molecule has 2 bridgehead atoms. The van der Waals surface area contributed by atoms with E-state index in [0.29, 0.717) is 46.8 Å². The number of phenolic OH excluding ortho intramolecular Hbond substituents is 1. The first-order valence-electron chi connectivity index (χ1n) is 22.6. The number of carbonyl (C=O) groups excluding carboxylic acids is 2. The van der Waals surface area contributed by atoms with E-state index in [9.17, 15) is 24.6 Å². The number of aromatic nitrogens is 1. The molecule has 4 saturated heterocycles. The molecular formula is C52H55N5O8. The zero-order chi connectivity index (χ0) is 44.7. The van der Waals surface area contributed by atoms with Gasteiger partial charge in [-0.05, 0) is 108 Å². The van der Waals surface area contributed by atoms with E-state index in [4.69, 9.17) is 14.2 Å². The topological polar surface area (TPSA) is 166 Å². The Bertz CT molecular complexity index is 2620. The van der Waals surface area contributed by atoms with Crippen LogP contribution in [0.5, 0.6) is 11.5 Å². The molecule has 0 radical (unpaired) electrons. The van der Waals surface area contributed by atoms with Crippen molar-refractivity contribution < 1.29 is 34.0 Å². The SMILES string of the molecule is O=C(N[C@@H](c1ccccc1)c1cccc(OCc2ccc(C(=O)OC3CCN(c4ccc(CNC[C@H](O)c5ccc(O)c6[nH]c(=O)ccc56)cc4)CC3)cc2)c1)O[C@H]1CN2CCC1CC2. The zero-order valence-electron chi connectivity index (χ0n) is 36.2. The lowest BCUT2D eigenvalue weighted by Gasteiger charge is -2.43.